The van der Waals surface area contributed by atoms with Crippen molar-refractivity contribution in [3.05, 3.63) is 29.3 Å². The Balaban J connectivity index is 2.20. The van der Waals surface area contributed by atoms with Crippen molar-refractivity contribution >= 4 is 21.8 Å². The monoisotopic (exact) mass is 323 g/mol. The zero-order valence-electron chi connectivity index (χ0n) is 10.6. The second kappa shape index (κ2) is 6.38. The molecule has 1 aliphatic heterocycles. The number of thioether (sulfide) groups is 1. The molecule has 0 spiro atoms. The van der Waals surface area contributed by atoms with Crippen molar-refractivity contribution in [2.45, 2.75) is 17.9 Å². The summed E-state index contributed by atoms with van der Waals surface area (Å²) >= 11 is 1.75. The van der Waals surface area contributed by atoms with Crippen LogP contribution in [0.15, 0.2) is 17.0 Å². The molecule has 1 aliphatic rings. The van der Waals surface area contributed by atoms with Crippen LogP contribution in [-0.2, 0) is 16.6 Å². The summed E-state index contributed by atoms with van der Waals surface area (Å²) in [5.41, 5.74) is -0.635. The summed E-state index contributed by atoms with van der Waals surface area (Å²) in [5.74, 6) is -0.102. The van der Waals surface area contributed by atoms with E-state index < -0.39 is 38.7 Å². The molecule has 4 nitrogen and oxygen atoms in total. The minimum absolute atomic E-state index is 0.232. The number of sulfonamides is 1. The lowest BCUT2D eigenvalue weighted by Crippen LogP contribution is -2.30. The van der Waals surface area contributed by atoms with Crippen LogP contribution in [0.3, 0.4) is 0 Å². The second-order valence-corrected chi connectivity index (χ2v) is 7.46. The molecule has 0 amide bonds. The number of aliphatic hydroxyl groups is 1. The van der Waals surface area contributed by atoms with Gasteiger partial charge in [0.2, 0.25) is 10.0 Å². The van der Waals surface area contributed by atoms with Gasteiger partial charge >= 0.3 is 0 Å². The molecule has 0 aliphatic carbocycles. The van der Waals surface area contributed by atoms with Gasteiger partial charge in [0.15, 0.2) is 5.82 Å². The molecule has 8 heteroatoms. The number of benzene rings is 1. The predicted molar refractivity (Wildman–Crippen MR) is 72.9 cm³/mol. The van der Waals surface area contributed by atoms with E-state index >= 15 is 0 Å². The van der Waals surface area contributed by atoms with Gasteiger partial charge in [0.25, 0.3) is 0 Å². The third-order valence-electron chi connectivity index (χ3n) is 3.18. The zero-order valence-corrected chi connectivity index (χ0v) is 12.2. The van der Waals surface area contributed by atoms with E-state index in [1.807, 2.05) is 0 Å². The van der Waals surface area contributed by atoms with Crippen LogP contribution in [0.5, 0.6) is 0 Å². The lowest BCUT2D eigenvalue weighted by molar-refractivity contribution is 0.267. The SMILES string of the molecule is O=S(=O)(NCC1CCSC1)c1ccc(F)c(CO)c1F. The molecule has 0 radical (unpaired) electrons. The van der Waals surface area contributed by atoms with Gasteiger partial charge in [-0.15, -0.1) is 0 Å². The largest absolute Gasteiger partial charge is 0.391 e. The minimum atomic E-state index is -4.04. The molecule has 1 saturated heterocycles. The van der Waals surface area contributed by atoms with Crippen LogP contribution in [-0.4, -0.2) is 31.6 Å². The quantitative estimate of drug-likeness (QED) is 0.861. The topological polar surface area (TPSA) is 66.4 Å². The minimum Gasteiger partial charge on any atom is -0.391 e. The molecule has 1 aromatic carbocycles. The van der Waals surface area contributed by atoms with Crippen molar-refractivity contribution in [3.63, 3.8) is 0 Å². The lowest BCUT2D eigenvalue weighted by atomic mass is 10.1. The highest BCUT2D eigenvalue weighted by atomic mass is 32.2. The Hall–Kier alpha value is -0.700. The van der Waals surface area contributed by atoms with E-state index in [2.05, 4.69) is 4.72 Å². The van der Waals surface area contributed by atoms with Crippen molar-refractivity contribution in [2.24, 2.45) is 5.92 Å². The second-order valence-electron chi connectivity index (χ2n) is 4.58. The maximum atomic E-state index is 13.9. The number of hydrogen-bond acceptors (Lipinski definition) is 4. The Morgan fingerprint density at radius 3 is 2.75 bits per heavy atom. The first-order chi connectivity index (χ1) is 9.45. The summed E-state index contributed by atoms with van der Waals surface area (Å²) in [7, 11) is -4.04. The molecule has 1 unspecified atom stereocenters. The van der Waals surface area contributed by atoms with Gasteiger partial charge in [-0.2, -0.15) is 11.8 Å². The fraction of sp³-hybridized carbons (Fsp3) is 0.500. The molecule has 112 valence electrons. The van der Waals surface area contributed by atoms with Crippen molar-refractivity contribution in [1.29, 1.82) is 0 Å². The first-order valence-electron chi connectivity index (χ1n) is 6.11. The first-order valence-corrected chi connectivity index (χ1v) is 8.74. The number of aliphatic hydroxyl groups excluding tert-OH is 1. The molecule has 1 atom stereocenters. The van der Waals surface area contributed by atoms with Gasteiger partial charge in [-0.1, -0.05) is 0 Å². The van der Waals surface area contributed by atoms with Crippen LogP contribution in [0, 0.1) is 17.6 Å². The van der Waals surface area contributed by atoms with Crippen molar-refractivity contribution in [2.75, 3.05) is 18.1 Å². The Morgan fingerprint density at radius 2 is 2.15 bits per heavy atom. The van der Waals surface area contributed by atoms with Crippen LogP contribution in [0.25, 0.3) is 0 Å². The van der Waals surface area contributed by atoms with Gasteiger partial charge in [-0.3, -0.25) is 0 Å². The lowest BCUT2D eigenvalue weighted by Gasteiger charge is -2.12. The molecule has 2 N–H and O–H groups in total. The molecule has 1 aromatic rings. The summed E-state index contributed by atoms with van der Waals surface area (Å²) in [6, 6.07) is 1.71. The maximum absolute atomic E-state index is 13.9. The zero-order chi connectivity index (χ0) is 14.8. The van der Waals surface area contributed by atoms with E-state index in [4.69, 9.17) is 5.11 Å². The molecule has 0 aromatic heterocycles. The van der Waals surface area contributed by atoms with E-state index in [1.54, 1.807) is 11.8 Å². The van der Waals surface area contributed by atoms with Gasteiger partial charge in [-0.05, 0) is 36.0 Å². The Kier molecular flexibility index (Phi) is 5.00. The van der Waals surface area contributed by atoms with E-state index in [0.29, 0.717) is 0 Å². The van der Waals surface area contributed by atoms with Crippen LogP contribution in [0.4, 0.5) is 8.78 Å². The first kappa shape index (κ1) is 15.7. The van der Waals surface area contributed by atoms with E-state index in [9.17, 15) is 17.2 Å². The van der Waals surface area contributed by atoms with E-state index in [1.165, 1.54) is 0 Å². The average Bonchev–Trinajstić information content (AvgIpc) is 2.90. The van der Waals surface area contributed by atoms with Gasteiger partial charge in [-0.25, -0.2) is 21.9 Å². The number of halogens is 2. The smallest absolute Gasteiger partial charge is 0.243 e. The average molecular weight is 323 g/mol. The Labute approximate surface area is 120 Å². The van der Waals surface area contributed by atoms with Crippen LogP contribution in [0.1, 0.15) is 12.0 Å². The maximum Gasteiger partial charge on any atom is 0.243 e. The number of rotatable bonds is 5. The van der Waals surface area contributed by atoms with Crippen molar-refractivity contribution < 1.29 is 22.3 Å². The Bertz CT molecular complexity index is 587. The van der Waals surface area contributed by atoms with Crippen molar-refractivity contribution in [1.82, 2.24) is 4.72 Å². The highest BCUT2D eigenvalue weighted by Crippen LogP contribution is 2.24. The molecule has 0 saturated carbocycles. The molecule has 1 fully saturated rings. The summed E-state index contributed by atoms with van der Waals surface area (Å²) in [6.45, 7) is -0.652. The highest BCUT2D eigenvalue weighted by molar-refractivity contribution is 7.99. The molecule has 20 heavy (non-hydrogen) atoms. The van der Waals surface area contributed by atoms with Crippen molar-refractivity contribution in [3.8, 4) is 0 Å². The summed E-state index contributed by atoms with van der Waals surface area (Å²) < 4.78 is 53.5. The Morgan fingerprint density at radius 1 is 1.40 bits per heavy atom. The van der Waals surface area contributed by atoms with Crippen LogP contribution in [0.2, 0.25) is 0 Å². The summed E-state index contributed by atoms with van der Waals surface area (Å²) in [4.78, 5) is -0.631. The third kappa shape index (κ3) is 3.30. The molecule has 0 bridgehead atoms. The van der Waals surface area contributed by atoms with Gasteiger partial charge in [0, 0.05) is 6.54 Å². The van der Waals surface area contributed by atoms with Gasteiger partial charge < -0.3 is 5.11 Å². The predicted octanol–water partition coefficient (Wildman–Crippen LogP) is 1.49. The highest BCUT2D eigenvalue weighted by Gasteiger charge is 2.25. The van der Waals surface area contributed by atoms with E-state index in [-0.39, 0.29) is 12.5 Å². The normalized spacial score (nSPS) is 19.4. The summed E-state index contributed by atoms with van der Waals surface area (Å²) in [6.07, 6.45) is 0.918. The number of nitrogens with one attached hydrogen (secondary N) is 1. The molecule has 2 rings (SSSR count). The standard InChI is InChI=1S/C12H15F2NO3S2/c13-10-1-2-11(12(14)9(10)6-16)20(17,18)15-5-8-3-4-19-7-8/h1-2,8,15-16H,3-7H2. The van der Waals surface area contributed by atoms with Crippen LogP contribution < -0.4 is 4.72 Å². The summed E-state index contributed by atoms with van der Waals surface area (Å²) in [5, 5.41) is 8.89. The van der Waals surface area contributed by atoms with Crippen LogP contribution >= 0.6 is 11.8 Å². The molecular formula is C12H15F2NO3S2. The molecule has 1 heterocycles. The van der Waals surface area contributed by atoms with Gasteiger partial charge in [0.1, 0.15) is 10.7 Å². The number of hydrogen-bond donors (Lipinski definition) is 2. The third-order valence-corrected chi connectivity index (χ3v) is 5.86. The molecular weight excluding hydrogens is 308 g/mol. The fourth-order valence-electron chi connectivity index (χ4n) is 1.98. The fourth-order valence-corrected chi connectivity index (χ4v) is 4.48. The van der Waals surface area contributed by atoms with E-state index in [0.717, 1.165) is 30.1 Å². The van der Waals surface area contributed by atoms with Gasteiger partial charge in [0.05, 0.1) is 12.2 Å².